The van der Waals surface area contributed by atoms with Crippen LogP contribution in [0.2, 0.25) is 0 Å². The number of nitro benzene ring substituents is 1. The molecule has 0 saturated carbocycles. The van der Waals surface area contributed by atoms with Crippen molar-refractivity contribution in [1.29, 1.82) is 0 Å². The van der Waals surface area contributed by atoms with Gasteiger partial charge in [0.25, 0.3) is 11.6 Å². The molecule has 0 bridgehead atoms. The first-order valence-electron chi connectivity index (χ1n) is 11.9. The van der Waals surface area contributed by atoms with Crippen LogP contribution in [0, 0.1) is 17.0 Å². The van der Waals surface area contributed by atoms with E-state index >= 15 is 0 Å². The molecule has 34 heavy (non-hydrogen) atoms. The van der Waals surface area contributed by atoms with Gasteiger partial charge in [-0.25, -0.2) is 4.98 Å². The molecule has 9 heteroatoms. The number of amides is 1. The van der Waals surface area contributed by atoms with Crippen LogP contribution in [0.5, 0.6) is 0 Å². The van der Waals surface area contributed by atoms with Crippen LogP contribution in [-0.2, 0) is 0 Å². The number of likely N-dealkylation sites (tertiary alicyclic amines) is 1. The van der Waals surface area contributed by atoms with Crippen molar-refractivity contribution >= 4 is 28.3 Å². The predicted molar refractivity (Wildman–Crippen MR) is 132 cm³/mol. The number of nitro groups is 1. The Balaban J connectivity index is 1.28. The molecule has 178 valence electrons. The lowest BCUT2D eigenvalue weighted by Gasteiger charge is -2.34. The predicted octanol–water partition coefficient (Wildman–Crippen LogP) is 3.55. The zero-order valence-electron chi connectivity index (χ0n) is 19.7. The molecule has 0 radical (unpaired) electrons. The van der Waals surface area contributed by atoms with Gasteiger partial charge in [0.15, 0.2) is 0 Å². The highest BCUT2D eigenvalue weighted by Gasteiger charge is 2.29. The number of likely N-dealkylation sites (N-methyl/N-ethyl adjacent to an activating group) is 1. The van der Waals surface area contributed by atoms with Gasteiger partial charge in [0.05, 0.1) is 16.0 Å². The van der Waals surface area contributed by atoms with E-state index in [0.29, 0.717) is 24.3 Å². The van der Waals surface area contributed by atoms with Gasteiger partial charge < -0.3 is 19.7 Å². The Morgan fingerprint density at radius 1 is 1.06 bits per heavy atom. The fraction of sp³-hybridized carbons (Fsp3) is 0.440. The molecule has 3 aromatic rings. The Morgan fingerprint density at radius 3 is 2.50 bits per heavy atom. The fourth-order valence-electron chi connectivity index (χ4n) is 4.99. The minimum absolute atomic E-state index is 0.00265. The zero-order valence-corrected chi connectivity index (χ0v) is 19.7. The van der Waals surface area contributed by atoms with Crippen LogP contribution in [0.4, 0.5) is 11.4 Å². The molecule has 1 aromatic heterocycles. The van der Waals surface area contributed by atoms with Gasteiger partial charge in [-0.05, 0) is 56.6 Å². The minimum Gasteiger partial charge on any atom is -0.363 e. The Bertz CT molecular complexity index is 1220. The van der Waals surface area contributed by atoms with Gasteiger partial charge in [-0.15, -0.1) is 0 Å². The van der Waals surface area contributed by atoms with Crippen molar-refractivity contribution in [3.63, 3.8) is 0 Å². The Kier molecular flexibility index (Phi) is 5.95. The second-order valence-corrected chi connectivity index (χ2v) is 9.46. The number of hydrogen-bond donors (Lipinski definition) is 1. The first-order valence-corrected chi connectivity index (χ1v) is 11.9. The number of imidazole rings is 1. The van der Waals surface area contributed by atoms with E-state index in [4.69, 9.17) is 4.98 Å². The third-order valence-corrected chi connectivity index (χ3v) is 7.09. The van der Waals surface area contributed by atoms with Crippen molar-refractivity contribution in [2.45, 2.75) is 25.7 Å². The number of benzene rings is 2. The summed E-state index contributed by atoms with van der Waals surface area (Å²) in [5, 5.41) is 11.8. The monoisotopic (exact) mass is 462 g/mol. The van der Waals surface area contributed by atoms with Gasteiger partial charge in [-0.3, -0.25) is 14.9 Å². The maximum atomic E-state index is 13.2. The lowest BCUT2D eigenvalue weighted by Crippen LogP contribution is -2.44. The van der Waals surface area contributed by atoms with E-state index in [9.17, 15) is 14.9 Å². The SMILES string of the molecule is Cc1ccc2nc(C3CCN(C(=O)c4ccc(N5CCN(C)CC5)c([N+](=O)[O-])c4)CC3)[nH]c2c1. The number of aromatic nitrogens is 2. The normalized spacial score (nSPS) is 17.9. The number of aryl methyl sites for hydroxylation is 1. The molecule has 2 aliphatic heterocycles. The molecule has 0 spiro atoms. The van der Waals surface area contributed by atoms with Crippen LogP contribution in [0.1, 0.15) is 40.5 Å². The number of piperazine rings is 1. The number of rotatable bonds is 4. The van der Waals surface area contributed by atoms with Gasteiger partial charge in [-0.1, -0.05) is 6.07 Å². The van der Waals surface area contributed by atoms with Gasteiger partial charge in [-0.2, -0.15) is 0 Å². The number of hydrogen-bond acceptors (Lipinski definition) is 6. The van der Waals surface area contributed by atoms with Crippen molar-refractivity contribution in [3.05, 3.63) is 63.5 Å². The number of aromatic amines is 1. The molecule has 0 aliphatic carbocycles. The molecular weight excluding hydrogens is 432 g/mol. The molecule has 3 heterocycles. The van der Waals surface area contributed by atoms with E-state index in [1.54, 1.807) is 17.0 Å². The minimum atomic E-state index is -0.375. The highest BCUT2D eigenvalue weighted by molar-refractivity contribution is 5.96. The van der Waals surface area contributed by atoms with Gasteiger partial charge in [0, 0.05) is 56.8 Å². The number of carbonyl (C=O) groups excluding carboxylic acids is 1. The molecule has 0 unspecified atom stereocenters. The average Bonchev–Trinajstić information content (AvgIpc) is 3.27. The Labute approximate surface area is 198 Å². The zero-order chi connectivity index (χ0) is 23.8. The van der Waals surface area contributed by atoms with E-state index in [1.165, 1.54) is 11.6 Å². The number of nitrogens with one attached hydrogen (secondary N) is 1. The molecule has 0 atom stereocenters. The summed E-state index contributed by atoms with van der Waals surface area (Å²) < 4.78 is 0. The van der Waals surface area contributed by atoms with Crippen molar-refractivity contribution in [1.82, 2.24) is 19.8 Å². The molecule has 2 aromatic carbocycles. The number of anilines is 1. The maximum absolute atomic E-state index is 13.2. The first kappa shape index (κ1) is 22.3. The summed E-state index contributed by atoms with van der Waals surface area (Å²) in [4.78, 5) is 38.9. The molecule has 5 rings (SSSR count). The molecule has 1 N–H and O–H groups in total. The maximum Gasteiger partial charge on any atom is 0.293 e. The average molecular weight is 463 g/mol. The van der Waals surface area contributed by atoms with E-state index < -0.39 is 0 Å². The Hall–Kier alpha value is -3.46. The van der Waals surface area contributed by atoms with Crippen molar-refractivity contribution in [2.75, 3.05) is 51.2 Å². The summed E-state index contributed by atoms with van der Waals surface area (Å²) in [5.41, 5.74) is 4.17. The van der Waals surface area contributed by atoms with Crippen molar-refractivity contribution in [3.8, 4) is 0 Å². The topological polar surface area (TPSA) is 98.6 Å². The van der Waals surface area contributed by atoms with Crippen LogP contribution in [0.3, 0.4) is 0 Å². The second-order valence-electron chi connectivity index (χ2n) is 9.46. The molecule has 1 amide bonds. The third-order valence-electron chi connectivity index (χ3n) is 7.09. The van der Waals surface area contributed by atoms with Gasteiger partial charge in [0.2, 0.25) is 0 Å². The lowest BCUT2D eigenvalue weighted by molar-refractivity contribution is -0.384. The molecule has 2 fully saturated rings. The number of piperidine rings is 1. The largest absolute Gasteiger partial charge is 0.363 e. The molecule has 2 saturated heterocycles. The van der Waals surface area contributed by atoms with E-state index in [2.05, 4.69) is 28.9 Å². The lowest BCUT2D eigenvalue weighted by atomic mass is 9.95. The van der Waals surface area contributed by atoms with Crippen molar-refractivity contribution < 1.29 is 9.72 Å². The second kappa shape index (κ2) is 9.06. The standard InChI is InChI=1S/C25H30N6O3/c1-17-3-5-20-21(15-17)27-24(26-20)18-7-9-30(10-8-18)25(32)19-4-6-22(23(16-19)31(33)34)29-13-11-28(2)12-14-29/h3-6,15-16,18H,7-14H2,1-2H3,(H,26,27). The Morgan fingerprint density at radius 2 is 1.79 bits per heavy atom. The van der Waals surface area contributed by atoms with Crippen LogP contribution >= 0.6 is 0 Å². The quantitative estimate of drug-likeness (QED) is 0.470. The molecule has 2 aliphatic rings. The fourth-order valence-corrected chi connectivity index (χ4v) is 4.99. The first-order chi connectivity index (χ1) is 16.4. The number of fused-ring (bicyclic) bond motifs is 1. The van der Waals surface area contributed by atoms with Crippen LogP contribution < -0.4 is 4.90 Å². The number of carbonyl (C=O) groups is 1. The summed E-state index contributed by atoms with van der Waals surface area (Å²) in [5.74, 6) is 1.09. The molecule has 9 nitrogen and oxygen atoms in total. The summed E-state index contributed by atoms with van der Waals surface area (Å²) in [6.07, 6.45) is 1.62. The van der Waals surface area contributed by atoms with Crippen LogP contribution in [-0.4, -0.2) is 76.9 Å². The van der Waals surface area contributed by atoms with Crippen molar-refractivity contribution in [2.24, 2.45) is 0 Å². The summed E-state index contributed by atoms with van der Waals surface area (Å²) in [7, 11) is 2.05. The van der Waals surface area contributed by atoms with Crippen LogP contribution in [0.15, 0.2) is 36.4 Å². The summed E-state index contributed by atoms with van der Waals surface area (Å²) >= 11 is 0. The smallest absolute Gasteiger partial charge is 0.293 e. The van der Waals surface area contributed by atoms with E-state index in [0.717, 1.165) is 55.9 Å². The van der Waals surface area contributed by atoms with E-state index in [-0.39, 0.29) is 22.4 Å². The third kappa shape index (κ3) is 4.35. The van der Waals surface area contributed by atoms with Gasteiger partial charge >= 0.3 is 0 Å². The number of nitrogens with zero attached hydrogens (tertiary/aromatic N) is 5. The molecular formula is C25H30N6O3. The number of H-pyrrole nitrogens is 1. The van der Waals surface area contributed by atoms with Crippen LogP contribution in [0.25, 0.3) is 11.0 Å². The van der Waals surface area contributed by atoms with Gasteiger partial charge in [0.1, 0.15) is 11.5 Å². The van der Waals surface area contributed by atoms with E-state index in [1.807, 2.05) is 18.0 Å². The highest BCUT2D eigenvalue weighted by atomic mass is 16.6. The summed E-state index contributed by atoms with van der Waals surface area (Å²) in [6.45, 7) is 6.46. The summed E-state index contributed by atoms with van der Waals surface area (Å²) in [6, 6.07) is 11.1. The highest BCUT2D eigenvalue weighted by Crippen LogP contribution is 2.32.